The maximum atomic E-state index is 12.2. The molecule has 0 saturated carbocycles. The number of benzene rings is 1. The van der Waals surface area contributed by atoms with Gasteiger partial charge in [0.15, 0.2) is 0 Å². The zero-order valence-electron chi connectivity index (χ0n) is 9.91. The third-order valence-electron chi connectivity index (χ3n) is 3.19. The summed E-state index contributed by atoms with van der Waals surface area (Å²) in [6.45, 7) is 3.89. The van der Waals surface area contributed by atoms with Gasteiger partial charge in [0.25, 0.3) is 5.91 Å². The molecule has 2 nitrogen and oxygen atoms in total. The van der Waals surface area contributed by atoms with Crippen molar-refractivity contribution < 1.29 is 4.79 Å². The lowest BCUT2D eigenvalue weighted by molar-refractivity contribution is 0.0761. The van der Waals surface area contributed by atoms with Crippen LogP contribution in [-0.4, -0.2) is 23.9 Å². The minimum absolute atomic E-state index is 0.196. The Morgan fingerprint density at radius 1 is 1.00 bits per heavy atom. The van der Waals surface area contributed by atoms with Crippen LogP contribution in [0.1, 0.15) is 41.6 Å². The second-order valence-corrected chi connectivity index (χ2v) is 4.57. The van der Waals surface area contributed by atoms with Crippen LogP contribution in [0, 0.1) is 6.92 Å². The molecule has 0 N–H and O–H groups in total. The molecule has 0 radical (unpaired) electrons. The maximum Gasteiger partial charge on any atom is 0.253 e. The van der Waals surface area contributed by atoms with E-state index >= 15 is 0 Å². The van der Waals surface area contributed by atoms with Crippen molar-refractivity contribution in [1.29, 1.82) is 0 Å². The zero-order chi connectivity index (χ0) is 11.4. The molecule has 1 amide bonds. The molecule has 1 aromatic carbocycles. The lowest BCUT2D eigenvalue weighted by Crippen LogP contribution is -2.31. The van der Waals surface area contributed by atoms with Crippen molar-refractivity contribution in [2.45, 2.75) is 32.6 Å². The largest absolute Gasteiger partial charge is 0.339 e. The van der Waals surface area contributed by atoms with Gasteiger partial charge in [-0.25, -0.2) is 0 Å². The van der Waals surface area contributed by atoms with Gasteiger partial charge in [0.1, 0.15) is 0 Å². The Hall–Kier alpha value is -1.31. The predicted molar refractivity (Wildman–Crippen MR) is 65.6 cm³/mol. The fraction of sp³-hybridized carbons (Fsp3) is 0.500. The van der Waals surface area contributed by atoms with Crippen LogP contribution in [0.5, 0.6) is 0 Å². The molecule has 1 heterocycles. The van der Waals surface area contributed by atoms with E-state index in [1.54, 1.807) is 0 Å². The van der Waals surface area contributed by atoms with E-state index in [1.807, 2.05) is 36.1 Å². The highest BCUT2D eigenvalue weighted by Crippen LogP contribution is 2.13. The number of aryl methyl sites for hydroxylation is 1. The predicted octanol–water partition coefficient (Wildman–Crippen LogP) is 3.01. The number of hydrogen-bond donors (Lipinski definition) is 0. The third-order valence-corrected chi connectivity index (χ3v) is 3.19. The van der Waals surface area contributed by atoms with Crippen LogP contribution in [-0.2, 0) is 0 Å². The first kappa shape index (κ1) is 11.2. The van der Waals surface area contributed by atoms with Crippen LogP contribution >= 0.6 is 0 Å². The SMILES string of the molecule is Cc1ccc(C(=O)N2CCCCCC2)cc1. The molecule has 2 rings (SSSR count). The van der Waals surface area contributed by atoms with Crippen LogP contribution in [0.25, 0.3) is 0 Å². The Balaban J connectivity index is 2.08. The fourth-order valence-electron chi connectivity index (χ4n) is 2.15. The number of likely N-dealkylation sites (tertiary alicyclic amines) is 1. The van der Waals surface area contributed by atoms with E-state index in [9.17, 15) is 4.79 Å². The molecule has 0 atom stereocenters. The van der Waals surface area contributed by atoms with E-state index in [4.69, 9.17) is 0 Å². The monoisotopic (exact) mass is 217 g/mol. The highest BCUT2D eigenvalue weighted by molar-refractivity contribution is 5.94. The Bertz CT molecular complexity index is 348. The smallest absolute Gasteiger partial charge is 0.253 e. The molecule has 86 valence electrons. The van der Waals surface area contributed by atoms with Gasteiger partial charge < -0.3 is 4.90 Å². The van der Waals surface area contributed by atoms with Crippen molar-refractivity contribution in [1.82, 2.24) is 4.90 Å². The Morgan fingerprint density at radius 3 is 2.12 bits per heavy atom. The van der Waals surface area contributed by atoms with Crippen LogP contribution in [0.4, 0.5) is 0 Å². The molecule has 1 aromatic rings. The minimum atomic E-state index is 0.196. The second kappa shape index (κ2) is 5.15. The van der Waals surface area contributed by atoms with Crippen LogP contribution in [0.15, 0.2) is 24.3 Å². The molecule has 2 heteroatoms. The summed E-state index contributed by atoms with van der Waals surface area (Å²) >= 11 is 0. The summed E-state index contributed by atoms with van der Waals surface area (Å²) in [4.78, 5) is 14.2. The summed E-state index contributed by atoms with van der Waals surface area (Å²) in [6, 6.07) is 7.88. The van der Waals surface area contributed by atoms with Gasteiger partial charge in [0, 0.05) is 18.7 Å². The Labute approximate surface area is 97.3 Å². The van der Waals surface area contributed by atoms with Gasteiger partial charge in [0.05, 0.1) is 0 Å². The molecular formula is C14H19NO. The van der Waals surface area contributed by atoms with Gasteiger partial charge in [-0.1, -0.05) is 30.5 Å². The van der Waals surface area contributed by atoms with Crippen molar-refractivity contribution in [3.05, 3.63) is 35.4 Å². The van der Waals surface area contributed by atoms with E-state index in [2.05, 4.69) is 0 Å². The average molecular weight is 217 g/mol. The average Bonchev–Trinajstić information content (AvgIpc) is 2.57. The first-order valence-electron chi connectivity index (χ1n) is 6.13. The van der Waals surface area contributed by atoms with Crippen molar-refractivity contribution >= 4 is 5.91 Å². The van der Waals surface area contributed by atoms with Gasteiger partial charge in [-0.15, -0.1) is 0 Å². The van der Waals surface area contributed by atoms with Gasteiger partial charge in [-0.2, -0.15) is 0 Å². The summed E-state index contributed by atoms with van der Waals surface area (Å²) in [5.74, 6) is 0.196. The van der Waals surface area contributed by atoms with E-state index in [1.165, 1.54) is 18.4 Å². The minimum Gasteiger partial charge on any atom is -0.339 e. The van der Waals surface area contributed by atoms with Gasteiger partial charge >= 0.3 is 0 Å². The molecule has 16 heavy (non-hydrogen) atoms. The van der Waals surface area contributed by atoms with Gasteiger partial charge in [-0.05, 0) is 31.9 Å². The van der Waals surface area contributed by atoms with E-state index in [0.29, 0.717) is 0 Å². The molecule has 0 aliphatic carbocycles. The molecular weight excluding hydrogens is 198 g/mol. The van der Waals surface area contributed by atoms with Gasteiger partial charge in [0.2, 0.25) is 0 Å². The highest BCUT2D eigenvalue weighted by atomic mass is 16.2. The van der Waals surface area contributed by atoms with E-state index in [-0.39, 0.29) is 5.91 Å². The molecule has 0 spiro atoms. The van der Waals surface area contributed by atoms with Crippen molar-refractivity contribution in [2.75, 3.05) is 13.1 Å². The number of carbonyl (C=O) groups excluding carboxylic acids is 1. The molecule has 1 aliphatic heterocycles. The van der Waals surface area contributed by atoms with Crippen molar-refractivity contribution in [3.63, 3.8) is 0 Å². The van der Waals surface area contributed by atoms with Crippen LogP contribution < -0.4 is 0 Å². The maximum absolute atomic E-state index is 12.2. The van der Waals surface area contributed by atoms with E-state index in [0.717, 1.165) is 31.5 Å². The zero-order valence-corrected chi connectivity index (χ0v) is 9.91. The number of carbonyl (C=O) groups is 1. The summed E-state index contributed by atoms with van der Waals surface area (Å²) < 4.78 is 0. The fourth-order valence-corrected chi connectivity index (χ4v) is 2.15. The first-order chi connectivity index (χ1) is 7.77. The third kappa shape index (κ3) is 2.63. The number of nitrogens with zero attached hydrogens (tertiary/aromatic N) is 1. The standard InChI is InChI=1S/C14H19NO/c1-12-6-8-13(9-7-12)14(16)15-10-4-2-3-5-11-15/h6-9H,2-5,10-11H2,1H3. The summed E-state index contributed by atoms with van der Waals surface area (Å²) in [6.07, 6.45) is 4.82. The number of hydrogen-bond acceptors (Lipinski definition) is 1. The van der Waals surface area contributed by atoms with Crippen LogP contribution in [0.2, 0.25) is 0 Å². The van der Waals surface area contributed by atoms with Crippen molar-refractivity contribution in [3.8, 4) is 0 Å². The highest BCUT2D eigenvalue weighted by Gasteiger charge is 2.16. The molecule has 0 aromatic heterocycles. The molecule has 0 bridgehead atoms. The molecule has 0 unspecified atom stereocenters. The summed E-state index contributed by atoms with van der Waals surface area (Å²) in [5.41, 5.74) is 2.03. The van der Waals surface area contributed by atoms with E-state index < -0.39 is 0 Å². The summed E-state index contributed by atoms with van der Waals surface area (Å²) in [5, 5.41) is 0. The molecule has 1 aliphatic rings. The topological polar surface area (TPSA) is 20.3 Å². The first-order valence-corrected chi connectivity index (χ1v) is 6.13. The quantitative estimate of drug-likeness (QED) is 0.708. The lowest BCUT2D eigenvalue weighted by atomic mass is 10.1. The van der Waals surface area contributed by atoms with Gasteiger partial charge in [-0.3, -0.25) is 4.79 Å². The Morgan fingerprint density at radius 2 is 1.56 bits per heavy atom. The van der Waals surface area contributed by atoms with Crippen molar-refractivity contribution in [2.24, 2.45) is 0 Å². The number of rotatable bonds is 1. The molecule has 1 fully saturated rings. The summed E-state index contributed by atoms with van der Waals surface area (Å²) in [7, 11) is 0. The normalized spacial score (nSPS) is 16.9. The Kier molecular flexibility index (Phi) is 3.60. The second-order valence-electron chi connectivity index (χ2n) is 4.57. The number of amides is 1. The van der Waals surface area contributed by atoms with Crippen LogP contribution in [0.3, 0.4) is 0 Å². The molecule has 1 saturated heterocycles. The lowest BCUT2D eigenvalue weighted by Gasteiger charge is -2.20.